The molecule has 0 saturated heterocycles. The lowest BCUT2D eigenvalue weighted by Gasteiger charge is -2.16. The molecule has 1 N–H and O–H groups in total. The third-order valence-corrected chi connectivity index (χ3v) is 3.76. The summed E-state index contributed by atoms with van der Waals surface area (Å²) in [5.41, 5.74) is 3.54. The maximum absolute atomic E-state index is 12.1. The number of nitrogens with zero attached hydrogens (tertiary/aromatic N) is 4. The van der Waals surface area contributed by atoms with Crippen molar-refractivity contribution in [3.63, 3.8) is 0 Å². The van der Waals surface area contributed by atoms with Gasteiger partial charge in [-0.2, -0.15) is 5.10 Å². The lowest BCUT2D eigenvalue weighted by atomic mass is 10.2. The van der Waals surface area contributed by atoms with Gasteiger partial charge >= 0.3 is 0 Å². The van der Waals surface area contributed by atoms with Crippen LogP contribution in [-0.2, 0) is 19.6 Å². The lowest BCUT2D eigenvalue weighted by molar-refractivity contribution is 0.0820. The standard InChI is InChI=1S/C15H19N5O2/c1-19(2)15(21)13-11-8-20(9-12(11)17-18-13)7-10-5-4-6-16-14(10)22-3/h4-6H,7-9H2,1-3H3,(H,17,18). The minimum absolute atomic E-state index is 0.0710. The van der Waals surface area contributed by atoms with Crippen LogP contribution in [0, 0.1) is 0 Å². The summed E-state index contributed by atoms with van der Waals surface area (Å²) in [6.45, 7) is 2.15. The number of aromatic nitrogens is 3. The van der Waals surface area contributed by atoms with Gasteiger partial charge in [-0.15, -0.1) is 0 Å². The van der Waals surface area contributed by atoms with Gasteiger partial charge in [0.15, 0.2) is 5.69 Å². The summed E-state index contributed by atoms with van der Waals surface area (Å²) in [5.74, 6) is 0.569. The van der Waals surface area contributed by atoms with Gasteiger partial charge in [0.2, 0.25) is 5.88 Å². The van der Waals surface area contributed by atoms with Crippen LogP contribution < -0.4 is 4.74 Å². The number of hydrogen-bond donors (Lipinski definition) is 1. The number of pyridine rings is 1. The van der Waals surface area contributed by atoms with Crippen LogP contribution in [0.15, 0.2) is 18.3 Å². The zero-order valence-electron chi connectivity index (χ0n) is 13.0. The fourth-order valence-corrected chi connectivity index (χ4v) is 2.68. The van der Waals surface area contributed by atoms with E-state index in [1.807, 2.05) is 12.1 Å². The van der Waals surface area contributed by atoms with Crippen molar-refractivity contribution in [3.8, 4) is 5.88 Å². The fourth-order valence-electron chi connectivity index (χ4n) is 2.68. The Kier molecular flexibility index (Phi) is 3.81. The Morgan fingerprint density at radius 1 is 1.45 bits per heavy atom. The largest absolute Gasteiger partial charge is 0.481 e. The molecule has 0 aromatic carbocycles. The van der Waals surface area contributed by atoms with Gasteiger partial charge < -0.3 is 9.64 Å². The highest BCUT2D eigenvalue weighted by Crippen LogP contribution is 2.27. The van der Waals surface area contributed by atoms with E-state index in [1.165, 1.54) is 0 Å². The summed E-state index contributed by atoms with van der Waals surface area (Å²) in [6.07, 6.45) is 1.71. The Bertz CT molecular complexity index is 695. The topological polar surface area (TPSA) is 74.3 Å². The van der Waals surface area contributed by atoms with Gasteiger partial charge in [0, 0.05) is 51.1 Å². The van der Waals surface area contributed by atoms with Gasteiger partial charge in [0.05, 0.1) is 12.8 Å². The highest BCUT2D eigenvalue weighted by Gasteiger charge is 2.28. The zero-order valence-corrected chi connectivity index (χ0v) is 13.0. The molecule has 2 aromatic rings. The second-order valence-electron chi connectivity index (χ2n) is 5.55. The van der Waals surface area contributed by atoms with Crippen molar-refractivity contribution in [2.75, 3.05) is 21.2 Å². The summed E-state index contributed by atoms with van der Waals surface area (Å²) in [4.78, 5) is 20.1. The number of carbonyl (C=O) groups excluding carboxylic acids is 1. The number of amides is 1. The Morgan fingerprint density at radius 3 is 3.00 bits per heavy atom. The molecule has 0 radical (unpaired) electrons. The van der Waals surface area contributed by atoms with E-state index in [0.29, 0.717) is 18.1 Å². The Morgan fingerprint density at radius 2 is 2.27 bits per heavy atom. The molecule has 1 amide bonds. The maximum atomic E-state index is 12.1. The number of carbonyl (C=O) groups is 1. The van der Waals surface area contributed by atoms with E-state index in [4.69, 9.17) is 4.74 Å². The van der Waals surface area contributed by atoms with Gasteiger partial charge in [-0.05, 0) is 6.07 Å². The summed E-state index contributed by atoms with van der Waals surface area (Å²) in [6, 6.07) is 3.90. The van der Waals surface area contributed by atoms with Crippen LogP contribution in [0.25, 0.3) is 0 Å². The van der Waals surface area contributed by atoms with Gasteiger partial charge in [0.25, 0.3) is 5.91 Å². The zero-order chi connectivity index (χ0) is 15.7. The van der Waals surface area contributed by atoms with E-state index in [9.17, 15) is 4.79 Å². The highest BCUT2D eigenvalue weighted by molar-refractivity contribution is 5.93. The maximum Gasteiger partial charge on any atom is 0.274 e. The van der Waals surface area contributed by atoms with Gasteiger partial charge in [0.1, 0.15) is 0 Å². The van der Waals surface area contributed by atoms with Crippen molar-refractivity contribution in [3.05, 3.63) is 40.8 Å². The highest BCUT2D eigenvalue weighted by atomic mass is 16.5. The summed E-state index contributed by atoms with van der Waals surface area (Å²) in [7, 11) is 5.09. The van der Waals surface area contributed by atoms with Gasteiger partial charge in [-0.3, -0.25) is 14.8 Å². The monoisotopic (exact) mass is 301 g/mol. The Hall–Kier alpha value is -2.41. The molecular weight excluding hydrogens is 282 g/mol. The minimum Gasteiger partial charge on any atom is -0.481 e. The number of fused-ring (bicyclic) bond motifs is 1. The summed E-state index contributed by atoms with van der Waals surface area (Å²) >= 11 is 0. The molecule has 0 aliphatic carbocycles. The van der Waals surface area contributed by atoms with Crippen molar-refractivity contribution in [1.82, 2.24) is 25.0 Å². The van der Waals surface area contributed by atoms with E-state index >= 15 is 0 Å². The Balaban J connectivity index is 1.76. The van der Waals surface area contributed by atoms with Gasteiger partial charge in [-0.1, -0.05) is 6.07 Å². The molecule has 7 heteroatoms. The normalized spacial score (nSPS) is 14.0. The number of nitrogens with one attached hydrogen (secondary N) is 1. The van der Waals surface area contributed by atoms with Crippen molar-refractivity contribution in [1.29, 1.82) is 0 Å². The van der Waals surface area contributed by atoms with Crippen molar-refractivity contribution < 1.29 is 9.53 Å². The quantitative estimate of drug-likeness (QED) is 0.913. The van der Waals surface area contributed by atoms with Crippen LogP contribution >= 0.6 is 0 Å². The third-order valence-electron chi connectivity index (χ3n) is 3.76. The smallest absolute Gasteiger partial charge is 0.274 e. The second kappa shape index (κ2) is 5.76. The van der Waals surface area contributed by atoms with E-state index in [-0.39, 0.29) is 5.91 Å². The lowest BCUT2D eigenvalue weighted by Crippen LogP contribution is -2.24. The molecular formula is C15H19N5O2. The third kappa shape index (κ3) is 2.55. The van der Waals surface area contributed by atoms with Gasteiger partial charge in [-0.25, -0.2) is 4.98 Å². The van der Waals surface area contributed by atoms with Crippen molar-refractivity contribution in [2.45, 2.75) is 19.6 Å². The van der Waals surface area contributed by atoms with Crippen LogP contribution in [0.4, 0.5) is 0 Å². The predicted molar refractivity (Wildman–Crippen MR) is 80.3 cm³/mol. The van der Waals surface area contributed by atoms with Crippen LogP contribution in [0.1, 0.15) is 27.3 Å². The van der Waals surface area contributed by atoms with E-state index < -0.39 is 0 Å². The van der Waals surface area contributed by atoms with E-state index in [2.05, 4.69) is 20.1 Å². The number of hydrogen-bond acceptors (Lipinski definition) is 5. The average molecular weight is 301 g/mol. The number of rotatable bonds is 4. The minimum atomic E-state index is -0.0710. The molecule has 0 bridgehead atoms. The molecule has 0 atom stereocenters. The first kappa shape index (κ1) is 14.5. The Labute approximate surface area is 128 Å². The first-order valence-electron chi connectivity index (χ1n) is 7.08. The number of ether oxygens (including phenoxy) is 1. The average Bonchev–Trinajstić information content (AvgIpc) is 3.06. The molecule has 22 heavy (non-hydrogen) atoms. The van der Waals surface area contributed by atoms with E-state index in [0.717, 1.165) is 29.9 Å². The molecule has 3 rings (SSSR count). The summed E-state index contributed by atoms with van der Waals surface area (Å²) < 4.78 is 5.29. The summed E-state index contributed by atoms with van der Waals surface area (Å²) in [5, 5.41) is 7.13. The first-order valence-corrected chi connectivity index (χ1v) is 7.08. The molecule has 0 saturated carbocycles. The predicted octanol–water partition coefficient (Wildman–Crippen LogP) is 1.03. The number of methoxy groups -OCH3 is 1. The number of H-pyrrole nitrogens is 1. The van der Waals surface area contributed by atoms with Crippen molar-refractivity contribution in [2.24, 2.45) is 0 Å². The molecule has 2 aromatic heterocycles. The molecule has 0 unspecified atom stereocenters. The van der Waals surface area contributed by atoms with Crippen LogP contribution in [-0.4, -0.2) is 52.1 Å². The fraction of sp³-hybridized carbons (Fsp3) is 0.400. The molecule has 7 nitrogen and oxygen atoms in total. The van der Waals surface area contributed by atoms with Crippen LogP contribution in [0.2, 0.25) is 0 Å². The second-order valence-corrected chi connectivity index (χ2v) is 5.55. The number of aromatic amines is 1. The molecule has 0 fully saturated rings. The molecule has 1 aliphatic rings. The van der Waals surface area contributed by atoms with Crippen LogP contribution in [0.3, 0.4) is 0 Å². The SMILES string of the molecule is COc1ncccc1CN1Cc2[nH]nc(C(=O)N(C)C)c2C1. The molecule has 116 valence electrons. The van der Waals surface area contributed by atoms with Crippen LogP contribution in [0.5, 0.6) is 5.88 Å². The van der Waals surface area contributed by atoms with Crippen molar-refractivity contribution >= 4 is 5.91 Å². The molecule has 3 heterocycles. The van der Waals surface area contributed by atoms with E-state index in [1.54, 1.807) is 32.3 Å². The molecule has 1 aliphatic heterocycles. The molecule has 0 spiro atoms. The first-order chi connectivity index (χ1) is 10.6.